The summed E-state index contributed by atoms with van der Waals surface area (Å²) in [4.78, 5) is 24.1. The molecule has 134 valence electrons. The Hall–Kier alpha value is -2.49. The van der Waals surface area contributed by atoms with E-state index in [0.717, 1.165) is 11.3 Å². The van der Waals surface area contributed by atoms with Crippen LogP contribution in [-0.2, 0) is 11.3 Å². The van der Waals surface area contributed by atoms with Crippen LogP contribution in [0.25, 0.3) is 0 Å². The summed E-state index contributed by atoms with van der Waals surface area (Å²) in [5.74, 6) is -13.3. The summed E-state index contributed by atoms with van der Waals surface area (Å²) >= 11 is 1.06. The van der Waals surface area contributed by atoms with Crippen LogP contribution in [0.4, 0.5) is 22.0 Å². The first-order valence-corrected chi connectivity index (χ1v) is 7.47. The molecular formula is C15H10F5NO3S. The molecule has 1 amide bonds. The van der Waals surface area contributed by atoms with Crippen molar-refractivity contribution in [3.8, 4) is 0 Å². The lowest BCUT2D eigenvalue weighted by Gasteiger charge is -2.09. The fraction of sp³-hybridized carbons (Fsp3) is 0.200. The summed E-state index contributed by atoms with van der Waals surface area (Å²) in [7, 11) is 1.18. The highest BCUT2D eigenvalue weighted by molar-refractivity contribution is 7.14. The number of amides is 1. The lowest BCUT2D eigenvalue weighted by molar-refractivity contribution is 0.0606. The van der Waals surface area contributed by atoms with Gasteiger partial charge in [-0.3, -0.25) is 4.79 Å². The molecule has 4 nitrogen and oxygen atoms in total. The first-order chi connectivity index (χ1) is 11.7. The summed E-state index contributed by atoms with van der Waals surface area (Å²) in [5, 5.41) is 2.06. The quantitative estimate of drug-likeness (QED) is 0.383. The van der Waals surface area contributed by atoms with E-state index in [1.807, 2.05) is 0 Å². The number of thiophene rings is 1. The van der Waals surface area contributed by atoms with E-state index in [0.29, 0.717) is 10.4 Å². The molecule has 1 heterocycles. The molecule has 0 aliphatic heterocycles. The van der Waals surface area contributed by atoms with E-state index in [9.17, 15) is 31.5 Å². The van der Waals surface area contributed by atoms with Crippen LogP contribution in [0.5, 0.6) is 0 Å². The van der Waals surface area contributed by atoms with Gasteiger partial charge in [0.05, 0.1) is 7.11 Å². The Labute approximate surface area is 142 Å². The Kier molecular flexibility index (Phi) is 5.41. The monoisotopic (exact) mass is 379 g/mol. The predicted molar refractivity (Wildman–Crippen MR) is 77.8 cm³/mol. The van der Waals surface area contributed by atoms with Gasteiger partial charge in [-0.05, 0) is 18.6 Å². The second-order valence-electron chi connectivity index (χ2n) is 4.81. The van der Waals surface area contributed by atoms with Gasteiger partial charge in [-0.2, -0.15) is 0 Å². The Bertz CT molecular complexity index is 836. The summed E-state index contributed by atoms with van der Waals surface area (Å²) < 4.78 is 70.9. The van der Waals surface area contributed by atoms with Gasteiger partial charge in [-0.15, -0.1) is 11.3 Å². The molecule has 0 unspecified atom stereocenters. The van der Waals surface area contributed by atoms with Crippen molar-refractivity contribution in [3.05, 3.63) is 56.0 Å². The third-order valence-electron chi connectivity index (χ3n) is 3.28. The SMILES string of the molecule is COC(=O)c1cc(CNC(=O)c2c(F)c(F)c(F)c(F)c2F)c(C)s1. The molecule has 1 aromatic carbocycles. The number of halogens is 5. The summed E-state index contributed by atoms with van der Waals surface area (Å²) in [6.45, 7) is 1.34. The zero-order valence-electron chi connectivity index (χ0n) is 12.8. The van der Waals surface area contributed by atoms with Crippen molar-refractivity contribution < 1.29 is 36.3 Å². The second-order valence-corrected chi connectivity index (χ2v) is 6.07. The number of benzene rings is 1. The number of aryl methyl sites for hydroxylation is 1. The van der Waals surface area contributed by atoms with Crippen LogP contribution in [0.3, 0.4) is 0 Å². The number of esters is 1. The molecule has 25 heavy (non-hydrogen) atoms. The predicted octanol–water partition coefficient (Wildman–Crippen LogP) is 3.47. The molecule has 0 saturated heterocycles. The van der Waals surface area contributed by atoms with Gasteiger partial charge in [-0.25, -0.2) is 26.7 Å². The smallest absolute Gasteiger partial charge is 0.348 e. The van der Waals surface area contributed by atoms with Crippen molar-refractivity contribution >= 4 is 23.2 Å². The molecule has 0 bridgehead atoms. The highest BCUT2D eigenvalue weighted by Crippen LogP contribution is 2.24. The molecule has 0 radical (unpaired) electrons. The van der Waals surface area contributed by atoms with Crippen LogP contribution in [0.2, 0.25) is 0 Å². The van der Waals surface area contributed by atoms with Gasteiger partial charge in [0, 0.05) is 11.4 Å². The third kappa shape index (κ3) is 3.48. The van der Waals surface area contributed by atoms with Crippen molar-refractivity contribution in [2.45, 2.75) is 13.5 Å². The summed E-state index contributed by atoms with van der Waals surface area (Å²) in [6, 6.07) is 1.39. The maximum absolute atomic E-state index is 13.6. The zero-order valence-corrected chi connectivity index (χ0v) is 13.6. The lowest BCUT2D eigenvalue weighted by Crippen LogP contribution is -2.26. The van der Waals surface area contributed by atoms with Crippen molar-refractivity contribution in [3.63, 3.8) is 0 Å². The number of hydrogen-bond donors (Lipinski definition) is 1. The number of rotatable bonds is 4. The first kappa shape index (κ1) is 18.8. The molecule has 10 heteroatoms. The Morgan fingerprint density at radius 3 is 2.08 bits per heavy atom. The maximum Gasteiger partial charge on any atom is 0.348 e. The zero-order chi connectivity index (χ0) is 18.9. The van der Waals surface area contributed by atoms with Gasteiger partial charge in [0.2, 0.25) is 5.82 Å². The van der Waals surface area contributed by atoms with E-state index in [2.05, 4.69) is 10.1 Å². The Balaban J connectivity index is 2.25. The fourth-order valence-corrected chi connectivity index (χ4v) is 2.92. The molecule has 2 rings (SSSR count). The molecule has 0 aliphatic rings. The van der Waals surface area contributed by atoms with Crippen molar-refractivity contribution in [2.24, 2.45) is 0 Å². The minimum absolute atomic E-state index is 0.237. The van der Waals surface area contributed by atoms with Gasteiger partial charge >= 0.3 is 5.97 Å². The lowest BCUT2D eigenvalue weighted by atomic mass is 10.1. The largest absolute Gasteiger partial charge is 0.465 e. The number of carbonyl (C=O) groups excluding carboxylic acids is 2. The molecule has 1 aromatic heterocycles. The van der Waals surface area contributed by atoms with Crippen molar-refractivity contribution in [1.29, 1.82) is 0 Å². The van der Waals surface area contributed by atoms with E-state index in [4.69, 9.17) is 0 Å². The summed E-state index contributed by atoms with van der Waals surface area (Å²) in [6.07, 6.45) is 0. The Morgan fingerprint density at radius 1 is 1.04 bits per heavy atom. The standard InChI is InChI=1S/C15H10F5NO3S/c1-5-6(3-7(25-5)15(23)24-2)4-21-14(22)8-9(16)11(18)13(20)12(19)10(8)17/h3H,4H2,1-2H3,(H,21,22). The first-order valence-electron chi connectivity index (χ1n) is 6.66. The third-order valence-corrected chi connectivity index (χ3v) is 4.36. The normalized spacial score (nSPS) is 10.7. The Morgan fingerprint density at radius 2 is 1.56 bits per heavy atom. The van der Waals surface area contributed by atoms with Crippen LogP contribution < -0.4 is 5.32 Å². The van der Waals surface area contributed by atoms with Gasteiger partial charge < -0.3 is 10.1 Å². The number of carbonyl (C=O) groups is 2. The fourth-order valence-electron chi connectivity index (χ4n) is 1.96. The maximum atomic E-state index is 13.6. The van der Waals surface area contributed by atoms with Crippen molar-refractivity contribution in [1.82, 2.24) is 5.32 Å². The highest BCUT2D eigenvalue weighted by Gasteiger charge is 2.29. The van der Waals surface area contributed by atoms with Crippen LogP contribution in [0.1, 0.15) is 30.5 Å². The van der Waals surface area contributed by atoms with E-state index in [-0.39, 0.29) is 11.4 Å². The number of nitrogens with one attached hydrogen (secondary N) is 1. The van der Waals surface area contributed by atoms with Gasteiger partial charge in [0.15, 0.2) is 23.3 Å². The minimum Gasteiger partial charge on any atom is -0.465 e. The van der Waals surface area contributed by atoms with E-state index < -0.39 is 46.5 Å². The molecule has 0 atom stereocenters. The number of ether oxygens (including phenoxy) is 1. The van der Waals surface area contributed by atoms with Gasteiger partial charge in [0.1, 0.15) is 10.4 Å². The average molecular weight is 379 g/mol. The molecule has 1 N–H and O–H groups in total. The van der Waals surface area contributed by atoms with Crippen LogP contribution >= 0.6 is 11.3 Å². The second kappa shape index (κ2) is 7.18. The molecule has 2 aromatic rings. The highest BCUT2D eigenvalue weighted by atomic mass is 32.1. The van der Waals surface area contributed by atoms with Crippen molar-refractivity contribution in [2.75, 3.05) is 7.11 Å². The van der Waals surface area contributed by atoms with Gasteiger partial charge in [-0.1, -0.05) is 0 Å². The average Bonchev–Trinajstić information content (AvgIpc) is 2.96. The minimum atomic E-state index is -2.34. The molecule has 0 fully saturated rings. The van der Waals surface area contributed by atoms with Gasteiger partial charge in [0.25, 0.3) is 5.91 Å². The van der Waals surface area contributed by atoms with Crippen LogP contribution in [0, 0.1) is 36.0 Å². The molecule has 0 saturated carbocycles. The van der Waals surface area contributed by atoms with E-state index in [1.165, 1.54) is 13.2 Å². The van der Waals surface area contributed by atoms with E-state index in [1.54, 1.807) is 6.92 Å². The van der Waals surface area contributed by atoms with Crippen LogP contribution in [0.15, 0.2) is 6.07 Å². The topological polar surface area (TPSA) is 55.4 Å². The number of hydrogen-bond acceptors (Lipinski definition) is 4. The summed E-state index contributed by atoms with van der Waals surface area (Å²) in [5.41, 5.74) is -1.14. The molecule has 0 spiro atoms. The molecular weight excluding hydrogens is 369 g/mol. The van der Waals surface area contributed by atoms with E-state index >= 15 is 0 Å². The molecule has 0 aliphatic carbocycles. The van der Waals surface area contributed by atoms with Crippen LogP contribution in [-0.4, -0.2) is 19.0 Å². The number of methoxy groups -OCH3 is 1.